The summed E-state index contributed by atoms with van der Waals surface area (Å²) >= 11 is 0. The molecule has 6 atom stereocenters. The van der Waals surface area contributed by atoms with Gasteiger partial charge in [0.25, 0.3) is 0 Å². The van der Waals surface area contributed by atoms with Crippen LogP contribution < -0.4 is 0 Å². The molecule has 3 fully saturated rings. The average molecular weight is 298 g/mol. The molecule has 0 aromatic rings. The molecule has 22 heavy (non-hydrogen) atoms. The lowest BCUT2D eigenvalue weighted by molar-refractivity contribution is -0.131. The van der Waals surface area contributed by atoms with Gasteiger partial charge < -0.3 is 5.11 Å². The van der Waals surface area contributed by atoms with Crippen LogP contribution in [0.1, 0.15) is 46.0 Å². The van der Waals surface area contributed by atoms with Gasteiger partial charge in [0.2, 0.25) is 0 Å². The number of fused-ring (bicyclic) bond motifs is 5. The van der Waals surface area contributed by atoms with Gasteiger partial charge in [-0.3, -0.25) is 4.79 Å². The van der Waals surface area contributed by atoms with Gasteiger partial charge in [-0.25, -0.2) is 0 Å². The maximum atomic E-state index is 12.4. The molecule has 2 nitrogen and oxygen atoms in total. The normalized spacial score (nSPS) is 50.2. The number of hydrogen-bond acceptors (Lipinski definition) is 2. The van der Waals surface area contributed by atoms with Crippen molar-refractivity contribution in [2.24, 2.45) is 28.6 Å². The van der Waals surface area contributed by atoms with Crippen molar-refractivity contribution >= 4 is 5.78 Å². The van der Waals surface area contributed by atoms with E-state index in [1.165, 1.54) is 11.1 Å². The number of ketones is 1. The third kappa shape index (κ3) is 1.68. The fourth-order valence-corrected chi connectivity index (χ4v) is 6.10. The lowest BCUT2D eigenvalue weighted by Crippen LogP contribution is -2.50. The highest BCUT2D eigenvalue weighted by Crippen LogP contribution is 2.64. The van der Waals surface area contributed by atoms with Crippen LogP contribution in [0.4, 0.5) is 0 Å². The molecule has 4 rings (SSSR count). The molecule has 0 bridgehead atoms. The molecule has 0 spiro atoms. The Bertz CT molecular complexity index is 613. The Morgan fingerprint density at radius 2 is 2.05 bits per heavy atom. The van der Waals surface area contributed by atoms with E-state index in [9.17, 15) is 9.90 Å². The summed E-state index contributed by atoms with van der Waals surface area (Å²) in [7, 11) is 0. The molecule has 118 valence electrons. The number of allylic oxidation sites excluding steroid dienone is 3. The van der Waals surface area contributed by atoms with Gasteiger partial charge >= 0.3 is 0 Å². The average Bonchev–Trinajstić information content (AvgIpc) is 2.77. The largest absolute Gasteiger partial charge is 0.385 e. The zero-order valence-corrected chi connectivity index (χ0v) is 13.6. The number of carbonyl (C=O) groups excluding carboxylic acids is 1. The van der Waals surface area contributed by atoms with Crippen LogP contribution in [-0.2, 0) is 4.79 Å². The standard InChI is InChI=1S/C20H26O2/c1-12-10-14-15-4-5-18(22)20(15,3)9-7-16(14)19(2)8-6-13(21)11-17(12)19/h6,8,11,13-16,21H,1,4-5,7,9-10H2,2-3H3/t13?,14-,15-,16-,19+,20-/m0/s1. The molecule has 1 unspecified atom stereocenters. The zero-order chi connectivity index (χ0) is 15.7. The van der Waals surface area contributed by atoms with Gasteiger partial charge in [0, 0.05) is 17.3 Å². The molecule has 0 saturated heterocycles. The summed E-state index contributed by atoms with van der Waals surface area (Å²) < 4.78 is 0. The zero-order valence-electron chi connectivity index (χ0n) is 13.6. The first-order chi connectivity index (χ1) is 10.4. The number of Topliss-reactive ketones (excluding diaryl/α,β-unsaturated/α-hetero) is 1. The fraction of sp³-hybridized carbons (Fsp3) is 0.650. The first-order valence-electron chi connectivity index (χ1n) is 8.67. The lowest BCUT2D eigenvalue weighted by atomic mass is 9.48. The van der Waals surface area contributed by atoms with Gasteiger partial charge in [0.05, 0.1) is 6.10 Å². The maximum absolute atomic E-state index is 12.4. The molecule has 4 aliphatic rings. The van der Waals surface area contributed by atoms with Gasteiger partial charge in [-0.15, -0.1) is 0 Å². The molecule has 2 heteroatoms. The summed E-state index contributed by atoms with van der Waals surface area (Å²) in [6.45, 7) is 8.84. The smallest absolute Gasteiger partial charge is 0.139 e. The molecule has 4 aliphatic carbocycles. The van der Waals surface area contributed by atoms with E-state index in [1.807, 2.05) is 12.2 Å². The van der Waals surface area contributed by atoms with E-state index in [2.05, 4.69) is 26.5 Å². The minimum Gasteiger partial charge on any atom is -0.385 e. The molecule has 0 aromatic heterocycles. The van der Waals surface area contributed by atoms with Crippen LogP contribution in [0.25, 0.3) is 0 Å². The Kier molecular flexibility index (Phi) is 2.92. The molecular weight excluding hydrogens is 272 g/mol. The van der Waals surface area contributed by atoms with Crippen molar-refractivity contribution in [3.05, 3.63) is 36.0 Å². The maximum Gasteiger partial charge on any atom is 0.139 e. The van der Waals surface area contributed by atoms with E-state index in [0.717, 1.165) is 32.1 Å². The van der Waals surface area contributed by atoms with Crippen molar-refractivity contribution in [1.29, 1.82) is 0 Å². The van der Waals surface area contributed by atoms with Crippen molar-refractivity contribution in [2.45, 2.75) is 52.1 Å². The summed E-state index contributed by atoms with van der Waals surface area (Å²) in [4.78, 5) is 12.4. The molecule has 1 N–H and O–H groups in total. The van der Waals surface area contributed by atoms with Crippen LogP contribution in [0.2, 0.25) is 0 Å². The quantitative estimate of drug-likeness (QED) is 0.690. The van der Waals surface area contributed by atoms with Crippen LogP contribution in [0, 0.1) is 28.6 Å². The van der Waals surface area contributed by atoms with E-state index in [0.29, 0.717) is 23.5 Å². The summed E-state index contributed by atoms with van der Waals surface area (Å²) in [6, 6.07) is 0. The highest BCUT2D eigenvalue weighted by molar-refractivity contribution is 5.87. The lowest BCUT2D eigenvalue weighted by Gasteiger charge is -2.56. The molecule has 0 amide bonds. The van der Waals surface area contributed by atoms with Crippen LogP contribution in [0.5, 0.6) is 0 Å². The van der Waals surface area contributed by atoms with E-state index in [1.54, 1.807) is 0 Å². The predicted octanol–water partition coefficient (Wildman–Crippen LogP) is 3.82. The molecule has 0 aromatic carbocycles. The highest BCUT2D eigenvalue weighted by atomic mass is 16.3. The second-order valence-electron chi connectivity index (χ2n) is 8.32. The summed E-state index contributed by atoms with van der Waals surface area (Å²) in [5.74, 6) is 2.16. The highest BCUT2D eigenvalue weighted by Gasteiger charge is 2.58. The Balaban J connectivity index is 1.76. The van der Waals surface area contributed by atoms with Crippen LogP contribution in [-0.4, -0.2) is 17.0 Å². The second kappa shape index (κ2) is 4.44. The van der Waals surface area contributed by atoms with Gasteiger partial charge in [0.15, 0.2) is 0 Å². The third-order valence-electron chi connectivity index (χ3n) is 7.34. The number of hydrogen-bond donors (Lipinski definition) is 1. The van der Waals surface area contributed by atoms with Crippen molar-refractivity contribution in [1.82, 2.24) is 0 Å². The van der Waals surface area contributed by atoms with Crippen LogP contribution >= 0.6 is 0 Å². The third-order valence-corrected chi connectivity index (χ3v) is 7.34. The SMILES string of the molecule is C=C1C[C@@H]2[C@H](CC[C@]3(C)C(=O)CC[C@@H]23)[C@@]2(C)C=CC(O)C=C12. The first kappa shape index (κ1) is 14.4. The Labute approximate surface area is 133 Å². The predicted molar refractivity (Wildman–Crippen MR) is 87.1 cm³/mol. The van der Waals surface area contributed by atoms with Crippen LogP contribution in [0.15, 0.2) is 36.0 Å². The number of carbonyl (C=O) groups is 1. The van der Waals surface area contributed by atoms with E-state index in [-0.39, 0.29) is 10.8 Å². The minimum atomic E-state index is -0.474. The monoisotopic (exact) mass is 298 g/mol. The van der Waals surface area contributed by atoms with Crippen molar-refractivity contribution < 1.29 is 9.90 Å². The van der Waals surface area contributed by atoms with E-state index in [4.69, 9.17) is 0 Å². The summed E-state index contributed by atoms with van der Waals surface area (Å²) in [5, 5.41) is 9.95. The summed E-state index contributed by atoms with van der Waals surface area (Å²) in [6.07, 6.45) is 10.6. The minimum absolute atomic E-state index is 0.00774. The topological polar surface area (TPSA) is 37.3 Å². The Morgan fingerprint density at radius 1 is 1.27 bits per heavy atom. The Morgan fingerprint density at radius 3 is 2.82 bits per heavy atom. The number of rotatable bonds is 0. The molecule has 0 heterocycles. The molecule has 3 saturated carbocycles. The van der Waals surface area contributed by atoms with Crippen molar-refractivity contribution in [3.63, 3.8) is 0 Å². The molecule has 0 radical (unpaired) electrons. The van der Waals surface area contributed by atoms with E-state index >= 15 is 0 Å². The van der Waals surface area contributed by atoms with Gasteiger partial charge in [-0.1, -0.05) is 38.2 Å². The molecular formula is C20H26O2. The second-order valence-corrected chi connectivity index (χ2v) is 8.32. The fourth-order valence-electron chi connectivity index (χ4n) is 6.10. The van der Waals surface area contributed by atoms with Crippen molar-refractivity contribution in [3.8, 4) is 0 Å². The van der Waals surface area contributed by atoms with Gasteiger partial charge in [0.1, 0.15) is 5.78 Å². The van der Waals surface area contributed by atoms with Gasteiger partial charge in [-0.05, 0) is 55.1 Å². The van der Waals surface area contributed by atoms with Crippen LogP contribution in [0.3, 0.4) is 0 Å². The van der Waals surface area contributed by atoms with Crippen molar-refractivity contribution in [2.75, 3.05) is 0 Å². The molecule has 0 aliphatic heterocycles. The van der Waals surface area contributed by atoms with Gasteiger partial charge in [-0.2, -0.15) is 0 Å². The first-order valence-corrected chi connectivity index (χ1v) is 8.67. The number of aliphatic hydroxyl groups excluding tert-OH is 1. The Hall–Kier alpha value is -1.15. The summed E-state index contributed by atoms with van der Waals surface area (Å²) in [5.41, 5.74) is 2.33. The number of aliphatic hydroxyl groups is 1. The van der Waals surface area contributed by atoms with E-state index < -0.39 is 6.10 Å².